The van der Waals surface area contributed by atoms with Crippen LogP contribution in [0.15, 0.2) is 60.7 Å². The summed E-state index contributed by atoms with van der Waals surface area (Å²) >= 11 is 0. The fourth-order valence-corrected chi connectivity index (χ4v) is 6.38. The van der Waals surface area contributed by atoms with E-state index < -0.39 is 0 Å². The molecule has 2 unspecified atom stereocenters. The maximum Gasteiger partial charge on any atom is 0.189 e. The van der Waals surface area contributed by atoms with E-state index in [0.29, 0.717) is 13.1 Å². The summed E-state index contributed by atoms with van der Waals surface area (Å²) in [5, 5.41) is 16.3. The van der Waals surface area contributed by atoms with Crippen molar-refractivity contribution in [1.82, 2.24) is 9.80 Å². The van der Waals surface area contributed by atoms with Gasteiger partial charge >= 0.3 is 0 Å². The number of nitrogens with one attached hydrogen (secondary N) is 2. The van der Waals surface area contributed by atoms with Crippen molar-refractivity contribution in [3.8, 4) is 0 Å². The van der Waals surface area contributed by atoms with Gasteiger partial charge in [0, 0.05) is 13.1 Å². The molecule has 0 saturated heterocycles. The Kier molecular flexibility index (Phi) is 9.89. The third kappa shape index (κ3) is 7.18. The van der Waals surface area contributed by atoms with E-state index >= 15 is 0 Å². The molecule has 6 N–H and O–H groups in total. The number of hydrogen-bond acceptors (Lipinski definition) is 4. The minimum Gasteiger partial charge on any atom is -0.370 e. The summed E-state index contributed by atoms with van der Waals surface area (Å²) in [6, 6.07) is 20.2. The van der Waals surface area contributed by atoms with Crippen LogP contribution in [0.5, 0.6) is 0 Å². The Morgan fingerprint density at radius 2 is 1.07 bits per heavy atom. The molecule has 0 amide bonds. The molecule has 30 heavy (non-hydrogen) atoms. The Morgan fingerprint density at radius 1 is 0.733 bits per heavy atom. The third-order valence-corrected chi connectivity index (χ3v) is 8.08. The van der Waals surface area contributed by atoms with Gasteiger partial charge in [0.05, 0.1) is 10.7 Å². The van der Waals surface area contributed by atoms with Crippen molar-refractivity contribution in [3.63, 3.8) is 0 Å². The van der Waals surface area contributed by atoms with Crippen LogP contribution < -0.4 is 11.5 Å². The molecule has 0 aliphatic carbocycles. The van der Waals surface area contributed by atoms with E-state index in [-0.39, 0.29) is 22.7 Å². The van der Waals surface area contributed by atoms with Crippen LogP contribution in [0.25, 0.3) is 0 Å². The lowest BCUT2D eigenvalue weighted by atomic mass is 10.2. The van der Waals surface area contributed by atoms with Crippen LogP contribution >= 0.6 is 21.6 Å². The molecule has 0 spiro atoms. The van der Waals surface area contributed by atoms with Crippen LogP contribution in [0, 0.1) is 10.8 Å². The van der Waals surface area contributed by atoms with Gasteiger partial charge in [0.2, 0.25) is 0 Å². The molecule has 0 bridgehead atoms. The van der Waals surface area contributed by atoms with Crippen molar-refractivity contribution >= 4 is 33.5 Å². The first kappa shape index (κ1) is 24.0. The summed E-state index contributed by atoms with van der Waals surface area (Å²) < 4.78 is 0. The second-order valence-electron chi connectivity index (χ2n) is 6.92. The highest BCUT2D eigenvalue weighted by Gasteiger charge is 2.25. The van der Waals surface area contributed by atoms with Gasteiger partial charge in [0.25, 0.3) is 0 Å². The standard InChI is InChI=1S/C22H32N6S2/c1-3-19(27(21(23)24)15-17-11-7-5-8-12-17)29-30-20(4-2)28(22(25)26)16-18-13-9-6-10-14-18/h5-14,19-20H,3-4,15-16H2,1-2H3,(H3,23,24)(H3,25,26). The maximum absolute atomic E-state index is 8.08. The smallest absolute Gasteiger partial charge is 0.189 e. The van der Waals surface area contributed by atoms with Crippen molar-refractivity contribution in [3.05, 3.63) is 71.8 Å². The van der Waals surface area contributed by atoms with E-state index in [2.05, 4.69) is 13.8 Å². The Labute approximate surface area is 187 Å². The van der Waals surface area contributed by atoms with E-state index in [4.69, 9.17) is 22.3 Å². The lowest BCUT2D eigenvalue weighted by Crippen LogP contribution is -2.43. The van der Waals surface area contributed by atoms with E-state index in [1.54, 1.807) is 21.6 Å². The highest BCUT2D eigenvalue weighted by Crippen LogP contribution is 2.38. The van der Waals surface area contributed by atoms with Gasteiger partial charge in [0.1, 0.15) is 0 Å². The molecule has 6 nitrogen and oxygen atoms in total. The summed E-state index contributed by atoms with van der Waals surface area (Å²) in [5.74, 6) is 0.138. The number of benzene rings is 2. The molecule has 0 radical (unpaired) electrons. The summed E-state index contributed by atoms with van der Waals surface area (Å²) in [4.78, 5) is 3.85. The van der Waals surface area contributed by atoms with Gasteiger partial charge in [0.15, 0.2) is 11.9 Å². The van der Waals surface area contributed by atoms with Crippen LogP contribution in [0.2, 0.25) is 0 Å². The minimum atomic E-state index is 0.0484. The molecule has 2 atom stereocenters. The Balaban J connectivity index is 2.08. The lowest BCUT2D eigenvalue weighted by molar-refractivity contribution is 0.372. The summed E-state index contributed by atoms with van der Waals surface area (Å²) in [5.41, 5.74) is 14.1. The normalized spacial score (nSPS) is 12.7. The topological polar surface area (TPSA) is 106 Å². The summed E-state index contributed by atoms with van der Waals surface area (Å²) in [7, 11) is 3.39. The van der Waals surface area contributed by atoms with Crippen LogP contribution in [-0.2, 0) is 13.1 Å². The monoisotopic (exact) mass is 444 g/mol. The van der Waals surface area contributed by atoms with Gasteiger partial charge in [-0.2, -0.15) is 0 Å². The van der Waals surface area contributed by atoms with E-state index in [9.17, 15) is 0 Å². The minimum absolute atomic E-state index is 0.0484. The van der Waals surface area contributed by atoms with E-state index in [1.165, 1.54) is 0 Å². The molecule has 0 fully saturated rings. The van der Waals surface area contributed by atoms with E-state index in [1.807, 2.05) is 70.5 Å². The molecule has 0 aromatic heterocycles. The second kappa shape index (κ2) is 12.4. The molecule has 2 aromatic carbocycles. The zero-order chi connectivity index (χ0) is 21.9. The first-order chi connectivity index (χ1) is 14.5. The molecule has 162 valence electrons. The Morgan fingerprint density at radius 3 is 1.33 bits per heavy atom. The fraction of sp³-hybridized carbons (Fsp3) is 0.364. The highest BCUT2D eigenvalue weighted by molar-refractivity contribution is 8.77. The van der Waals surface area contributed by atoms with Gasteiger partial charge in [-0.05, 0) is 24.0 Å². The average Bonchev–Trinajstić information content (AvgIpc) is 2.75. The van der Waals surface area contributed by atoms with Crippen LogP contribution in [0.1, 0.15) is 37.8 Å². The molecule has 0 aliphatic heterocycles. The van der Waals surface area contributed by atoms with Crippen LogP contribution in [-0.4, -0.2) is 32.5 Å². The van der Waals surface area contributed by atoms with E-state index in [0.717, 1.165) is 24.0 Å². The Bertz CT molecular complexity index is 719. The van der Waals surface area contributed by atoms with Crippen molar-refractivity contribution < 1.29 is 0 Å². The van der Waals surface area contributed by atoms with Crippen molar-refractivity contribution in [2.45, 2.75) is 50.5 Å². The van der Waals surface area contributed by atoms with Gasteiger partial charge in [-0.3, -0.25) is 10.8 Å². The SMILES string of the molecule is CCC(SSC(CC)N(Cc1ccccc1)C(=N)N)N(Cc1ccccc1)C(=N)N. The van der Waals surface area contributed by atoms with Gasteiger partial charge in [-0.25, -0.2) is 0 Å². The number of rotatable bonds is 11. The molecule has 0 heterocycles. The van der Waals surface area contributed by atoms with Crippen molar-refractivity contribution in [2.75, 3.05) is 0 Å². The number of nitrogens with zero attached hydrogens (tertiary/aromatic N) is 2. The molecule has 2 aromatic rings. The van der Waals surface area contributed by atoms with Crippen LogP contribution in [0.3, 0.4) is 0 Å². The predicted octanol–water partition coefficient (Wildman–Crippen LogP) is 4.63. The largest absolute Gasteiger partial charge is 0.370 e. The zero-order valence-corrected chi connectivity index (χ0v) is 19.3. The predicted molar refractivity (Wildman–Crippen MR) is 131 cm³/mol. The summed E-state index contributed by atoms with van der Waals surface area (Å²) in [6.45, 7) is 5.40. The van der Waals surface area contributed by atoms with Crippen LogP contribution in [0.4, 0.5) is 0 Å². The maximum atomic E-state index is 8.08. The first-order valence-electron chi connectivity index (χ1n) is 10.1. The van der Waals surface area contributed by atoms with Crippen molar-refractivity contribution in [2.24, 2.45) is 11.5 Å². The third-order valence-electron chi connectivity index (χ3n) is 4.68. The molecule has 2 rings (SSSR count). The second-order valence-corrected chi connectivity index (χ2v) is 9.54. The number of hydrogen-bond donors (Lipinski definition) is 4. The van der Waals surface area contributed by atoms with Gasteiger partial charge in [-0.15, -0.1) is 0 Å². The zero-order valence-electron chi connectivity index (χ0n) is 17.6. The van der Waals surface area contributed by atoms with Gasteiger partial charge < -0.3 is 21.3 Å². The van der Waals surface area contributed by atoms with Crippen molar-refractivity contribution in [1.29, 1.82) is 10.8 Å². The van der Waals surface area contributed by atoms with Gasteiger partial charge in [-0.1, -0.05) is 96.1 Å². The average molecular weight is 445 g/mol. The number of guanidine groups is 2. The molecule has 0 aliphatic rings. The highest BCUT2D eigenvalue weighted by atomic mass is 33.1. The molecular weight excluding hydrogens is 412 g/mol. The molecular formula is C22H32N6S2. The Hall–Kier alpha value is -2.32. The lowest BCUT2D eigenvalue weighted by Gasteiger charge is -2.34. The fourth-order valence-electron chi connectivity index (χ4n) is 3.05. The molecule has 8 heteroatoms. The first-order valence-corrected chi connectivity index (χ1v) is 12.3. The quantitative estimate of drug-likeness (QED) is 0.174. The summed E-state index contributed by atoms with van der Waals surface area (Å²) in [6.07, 6.45) is 1.69. The molecule has 0 saturated carbocycles. The number of nitrogens with two attached hydrogens (primary N) is 2.